The zero-order valence-electron chi connectivity index (χ0n) is 10.3. The topological polar surface area (TPSA) is 52.3 Å². The van der Waals surface area contributed by atoms with Gasteiger partial charge in [0.2, 0.25) is 0 Å². The lowest BCUT2D eigenvalue weighted by atomic mass is 9.77. The van der Waals surface area contributed by atoms with Crippen molar-refractivity contribution in [1.82, 2.24) is 0 Å². The molecule has 0 bridgehead atoms. The van der Waals surface area contributed by atoms with Gasteiger partial charge in [0, 0.05) is 0 Å². The molecule has 1 aliphatic carbocycles. The average Bonchev–Trinajstić information content (AvgIpc) is 2.22. The van der Waals surface area contributed by atoms with Crippen molar-refractivity contribution >= 4 is 5.97 Å². The molecule has 0 amide bonds. The van der Waals surface area contributed by atoms with Crippen LogP contribution in [0.25, 0.3) is 0 Å². The number of esters is 1. The molecule has 2 rings (SSSR count). The normalized spacial score (nSPS) is 23.9. The maximum Gasteiger partial charge on any atom is 0.325 e. The van der Waals surface area contributed by atoms with Gasteiger partial charge in [0.25, 0.3) is 0 Å². The van der Waals surface area contributed by atoms with Crippen molar-refractivity contribution in [3.63, 3.8) is 0 Å². The van der Waals surface area contributed by atoms with Gasteiger partial charge in [0.05, 0.1) is 0 Å². The van der Waals surface area contributed by atoms with E-state index in [0.717, 1.165) is 12.8 Å². The van der Waals surface area contributed by atoms with Crippen LogP contribution in [0.15, 0.2) is 30.3 Å². The Hall–Kier alpha value is -1.35. The van der Waals surface area contributed by atoms with Gasteiger partial charge in [-0.05, 0) is 38.2 Å². The molecule has 1 saturated carbocycles. The molecule has 1 fully saturated rings. The second-order valence-electron chi connectivity index (χ2n) is 5.33. The van der Waals surface area contributed by atoms with E-state index in [2.05, 4.69) is 12.1 Å². The lowest BCUT2D eigenvalue weighted by molar-refractivity contribution is -0.159. The summed E-state index contributed by atoms with van der Waals surface area (Å²) in [6, 6.07) is 10.3. The number of ether oxygens (including phenoxy) is 1. The largest absolute Gasteiger partial charge is 0.461 e. The highest BCUT2D eigenvalue weighted by Gasteiger charge is 2.35. The Bertz CT molecular complexity index is 388. The third-order valence-corrected chi connectivity index (χ3v) is 3.17. The molecule has 0 saturated heterocycles. The number of carbonyl (C=O) groups is 1. The highest BCUT2D eigenvalue weighted by molar-refractivity contribution is 5.79. The van der Waals surface area contributed by atoms with Gasteiger partial charge in [-0.15, -0.1) is 0 Å². The van der Waals surface area contributed by atoms with Crippen LogP contribution in [0.1, 0.15) is 38.2 Å². The first-order valence-corrected chi connectivity index (χ1v) is 6.01. The fourth-order valence-corrected chi connectivity index (χ4v) is 1.96. The Balaban J connectivity index is 1.82. The predicted molar refractivity (Wildman–Crippen MR) is 66.6 cm³/mol. The van der Waals surface area contributed by atoms with Crippen LogP contribution in [0.4, 0.5) is 0 Å². The summed E-state index contributed by atoms with van der Waals surface area (Å²) in [6.07, 6.45) is 1.85. The summed E-state index contributed by atoms with van der Waals surface area (Å²) in [5.41, 5.74) is 6.11. The van der Waals surface area contributed by atoms with E-state index in [-0.39, 0.29) is 12.1 Å². The van der Waals surface area contributed by atoms with Gasteiger partial charge >= 0.3 is 5.97 Å². The second kappa shape index (κ2) is 4.49. The minimum atomic E-state index is -0.891. The highest BCUT2D eigenvalue weighted by atomic mass is 16.5. The summed E-state index contributed by atoms with van der Waals surface area (Å²) in [4.78, 5) is 11.6. The first kappa shape index (κ1) is 12.1. The van der Waals surface area contributed by atoms with Crippen LogP contribution in [0.2, 0.25) is 0 Å². The van der Waals surface area contributed by atoms with Gasteiger partial charge in [0.15, 0.2) is 0 Å². The average molecular weight is 233 g/mol. The summed E-state index contributed by atoms with van der Waals surface area (Å²) in [6.45, 7) is 3.34. The van der Waals surface area contributed by atoms with E-state index >= 15 is 0 Å². The van der Waals surface area contributed by atoms with Crippen molar-refractivity contribution in [2.24, 2.45) is 5.73 Å². The SMILES string of the molecule is CC(C)(N)C(=O)OC1CC(c2ccccc2)C1. The van der Waals surface area contributed by atoms with E-state index in [1.165, 1.54) is 5.56 Å². The van der Waals surface area contributed by atoms with Crippen molar-refractivity contribution in [3.8, 4) is 0 Å². The molecule has 3 nitrogen and oxygen atoms in total. The van der Waals surface area contributed by atoms with E-state index < -0.39 is 5.54 Å². The van der Waals surface area contributed by atoms with E-state index in [1.54, 1.807) is 13.8 Å². The Labute approximate surface area is 102 Å². The van der Waals surface area contributed by atoms with Crippen molar-refractivity contribution in [1.29, 1.82) is 0 Å². The summed E-state index contributed by atoms with van der Waals surface area (Å²) in [7, 11) is 0. The summed E-state index contributed by atoms with van der Waals surface area (Å²) >= 11 is 0. The standard InChI is InChI=1S/C14H19NO2/c1-14(2,15)13(16)17-12-8-11(9-12)10-6-4-3-5-7-10/h3-7,11-12H,8-9,15H2,1-2H3. The molecule has 0 aliphatic heterocycles. The van der Waals surface area contributed by atoms with Crippen LogP contribution in [0.5, 0.6) is 0 Å². The molecule has 92 valence electrons. The third kappa shape index (κ3) is 2.86. The van der Waals surface area contributed by atoms with Gasteiger partial charge < -0.3 is 10.5 Å². The molecular formula is C14H19NO2. The number of benzene rings is 1. The Kier molecular flexibility index (Phi) is 3.20. The van der Waals surface area contributed by atoms with Crippen molar-refractivity contribution in [2.75, 3.05) is 0 Å². The Morgan fingerprint density at radius 2 is 1.88 bits per heavy atom. The van der Waals surface area contributed by atoms with Crippen LogP contribution < -0.4 is 5.73 Å². The number of carbonyl (C=O) groups excluding carboxylic acids is 1. The predicted octanol–water partition coefficient (Wildman–Crippen LogP) is 2.21. The molecule has 1 aliphatic rings. The first-order valence-electron chi connectivity index (χ1n) is 6.01. The summed E-state index contributed by atoms with van der Waals surface area (Å²) in [5.74, 6) is 0.212. The number of nitrogens with two attached hydrogens (primary N) is 1. The molecule has 0 radical (unpaired) electrons. The van der Waals surface area contributed by atoms with Crippen LogP contribution >= 0.6 is 0 Å². The number of hydrogen-bond acceptors (Lipinski definition) is 3. The zero-order valence-corrected chi connectivity index (χ0v) is 10.3. The molecule has 17 heavy (non-hydrogen) atoms. The molecule has 3 heteroatoms. The van der Waals surface area contributed by atoms with Crippen molar-refractivity contribution < 1.29 is 9.53 Å². The molecule has 0 atom stereocenters. The molecule has 2 N–H and O–H groups in total. The van der Waals surface area contributed by atoms with E-state index in [4.69, 9.17) is 10.5 Å². The monoisotopic (exact) mass is 233 g/mol. The number of rotatable bonds is 3. The van der Waals surface area contributed by atoms with Crippen LogP contribution in [-0.4, -0.2) is 17.6 Å². The van der Waals surface area contributed by atoms with Crippen LogP contribution in [0.3, 0.4) is 0 Å². The highest BCUT2D eigenvalue weighted by Crippen LogP contribution is 2.38. The van der Waals surface area contributed by atoms with E-state index in [0.29, 0.717) is 5.92 Å². The minimum Gasteiger partial charge on any atom is -0.461 e. The fraction of sp³-hybridized carbons (Fsp3) is 0.500. The third-order valence-electron chi connectivity index (χ3n) is 3.17. The molecule has 1 aromatic carbocycles. The van der Waals surface area contributed by atoms with E-state index in [1.807, 2.05) is 18.2 Å². The Morgan fingerprint density at radius 3 is 2.41 bits per heavy atom. The fourth-order valence-electron chi connectivity index (χ4n) is 1.96. The smallest absolute Gasteiger partial charge is 0.325 e. The van der Waals surface area contributed by atoms with Gasteiger partial charge in [-0.25, -0.2) is 0 Å². The van der Waals surface area contributed by atoms with Crippen LogP contribution in [-0.2, 0) is 9.53 Å². The molecule has 1 aromatic rings. The quantitative estimate of drug-likeness (QED) is 0.814. The minimum absolute atomic E-state index is 0.0375. The van der Waals surface area contributed by atoms with Gasteiger partial charge in [-0.2, -0.15) is 0 Å². The maximum atomic E-state index is 11.6. The summed E-state index contributed by atoms with van der Waals surface area (Å²) in [5, 5.41) is 0. The molecule has 0 heterocycles. The molecule has 0 aromatic heterocycles. The second-order valence-corrected chi connectivity index (χ2v) is 5.33. The van der Waals surface area contributed by atoms with Crippen molar-refractivity contribution in [3.05, 3.63) is 35.9 Å². The van der Waals surface area contributed by atoms with Gasteiger partial charge in [-0.1, -0.05) is 30.3 Å². The van der Waals surface area contributed by atoms with Gasteiger partial charge in [-0.3, -0.25) is 4.79 Å². The Morgan fingerprint density at radius 1 is 1.29 bits per heavy atom. The van der Waals surface area contributed by atoms with Crippen LogP contribution in [0, 0.1) is 0 Å². The lowest BCUT2D eigenvalue weighted by Gasteiger charge is -2.36. The molecular weight excluding hydrogens is 214 g/mol. The van der Waals surface area contributed by atoms with E-state index in [9.17, 15) is 4.79 Å². The number of hydrogen-bond donors (Lipinski definition) is 1. The van der Waals surface area contributed by atoms with Crippen molar-refractivity contribution in [2.45, 2.75) is 44.2 Å². The first-order chi connectivity index (χ1) is 7.97. The maximum absolute atomic E-state index is 11.6. The molecule has 0 spiro atoms. The zero-order chi connectivity index (χ0) is 12.5. The lowest BCUT2D eigenvalue weighted by Crippen LogP contribution is -2.46. The van der Waals surface area contributed by atoms with Gasteiger partial charge in [0.1, 0.15) is 11.6 Å². The molecule has 0 unspecified atom stereocenters. The summed E-state index contributed by atoms with van der Waals surface area (Å²) < 4.78 is 5.34.